The number of rotatable bonds is 4. The van der Waals surface area contributed by atoms with E-state index in [0.717, 1.165) is 6.04 Å². The van der Waals surface area contributed by atoms with E-state index in [-0.39, 0.29) is 5.54 Å². The first-order valence-electron chi connectivity index (χ1n) is 9.33. The molecule has 22 heavy (non-hydrogen) atoms. The first kappa shape index (κ1) is 18.2. The lowest BCUT2D eigenvalue weighted by atomic mass is 9.65. The van der Waals surface area contributed by atoms with E-state index in [4.69, 9.17) is 0 Å². The van der Waals surface area contributed by atoms with Crippen LogP contribution in [-0.2, 0) is 0 Å². The van der Waals surface area contributed by atoms with E-state index in [1.165, 1.54) is 51.9 Å². The first-order valence-corrected chi connectivity index (χ1v) is 9.33. The lowest BCUT2D eigenvalue weighted by Gasteiger charge is -2.55. The highest BCUT2D eigenvalue weighted by molar-refractivity contribution is 5.01. The summed E-state index contributed by atoms with van der Waals surface area (Å²) in [7, 11) is 4.56. The number of likely N-dealkylation sites (tertiary alicyclic amines) is 2. The van der Waals surface area contributed by atoms with Gasteiger partial charge in [-0.05, 0) is 99.1 Å². The van der Waals surface area contributed by atoms with Crippen LogP contribution < -0.4 is 0 Å². The third-order valence-corrected chi connectivity index (χ3v) is 7.24. The molecule has 0 amide bonds. The van der Waals surface area contributed by atoms with Crippen molar-refractivity contribution in [2.45, 2.75) is 77.9 Å². The van der Waals surface area contributed by atoms with E-state index in [2.05, 4.69) is 63.4 Å². The largest absolute Gasteiger partial charge is 0.306 e. The van der Waals surface area contributed by atoms with Gasteiger partial charge in [0.2, 0.25) is 0 Å². The highest BCUT2D eigenvalue weighted by Crippen LogP contribution is 2.45. The molecule has 3 heteroatoms. The van der Waals surface area contributed by atoms with Gasteiger partial charge in [-0.15, -0.1) is 0 Å². The summed E-state index contributed by atoms with van der Waals surface area (Å²) in [5, 5.41) is 0. The minimum Gasteiger partial charge on any atom is -0.306 e. The summed E-state index contributed by atoms with van der Waals surface area (Å²) in [6.45, 7) is 17.2. The summed E-state index contributed by atoms with van der Waals surface area (Å²) >= 11 is 0. The Morgan fingerprint density at radius 2 is 1.55 bits per heavy atom. The maximum absolute atomic E-state index is 2.79. The maximum Gasteiger partial charge on any atom is 0.0207 e. The molecule has 0 aromatic heterocycles. The third kappa shape index (κ3) is 3.52. The molecule has 2 fully saturated rings. The quantitative estimate of drug-likeness (QED) is 0.789. The Kier molecular flexibility index (Phi) is 5.62. The Labute approximate surface area is 139 Å². The topological polar surface area (TPSA) is 9.72 Å². The molecule has 0 bridgehead atoms. The first-order chi connectivity index (χ1) is 10.2. The predicted octanol–water partition coefficient (Wildman–Crippen LogP) is 3.30. The average molecular weight is 310 g/mol. The molecule has 2 rings (SSSR count). The Morgan fingerprint density at radius 1 is 1.05 bits per heavy atom. The van der Waals surface area contributed by atoms with Gasteiger partial charge in [-0.1, -0.05) is 6.92 Å². The fourth-order valence-corrected chi connectivity index (χ4v) is 4.43. The highest BCUT2D eigenvalue weighted by atomic mass is 15.2. The van der Waals surface area contributed by atoms with Gasteiger partial charge in [0, 0.05) is 17.6 Å². The van der Waals surface area contributed by atoms with E-state index in [1.54, 1.807) is 0 Å². The molecule has 0 saturated carbocycles. The summed E-state index contributed by atoms with van der Waals surface area (Å²) in [4.78, 5) is 7.85. The summed E-state index contributed by atoms with van der Waals surface area (Å²) in [5.41, 5.74) is 0.689. The number of nitrogens with zero attached hydrogens (tertiary/aromatic N) is 3. The van der Waals surface area contributed by atoms with Crippen LogP contribution in [0.2, 0.25) is 0 Å². The fourth-order valence-electron chi connectivity index (χ4n) is 4.43. The number of hydrogen-bond acceptors (Lipinski definition) is 3. The Hall–Kier alpha value is -0.120. The van der Waals surface area contributed by atoms with Gasteiger partial charge in [-0.3, -0.25) is 4.90 Å². The standard InChI is InChI=1S/C19H39N3/c1-16(2)21(7)18(3,4)19(5)10-14-22(15-11-19)17-8-12-20(6)13-9-17/h16-17H,8-15H2,1-7H3. The molecule has 0 aromatic carbocycles. The van der Waals surface area contributed by atoms with Crippen molar-refractivity contribution in [2.75, 3.05) is 40.3 Å². The molecule has 0 aliphatic carbocycles. The lowest BCUT2D eigenvalue weighted by molar-refractivity contribution is -0.0508. The van der Waals surface area contributed by atoms with Gasteiger partial charge in [-0.25, -0.2) is 0 Å². The van der Waals surface area contributed by atoms with E-state index < -0.39 is 0 Å². The number of piperidine rings is 2. The molecule has 0 spiro atoms. The van der Waals surface area contributed by atoms with Crippen molar-refractivity contribution >= 4 is 0 Å². The van der Waals surface area contributed by atoms with Crippen LogP contribution in [0.15, 0.2) is 0 Å². The van der Waals surface area contributed by atoms with Gasteiger partial charge in [0.1, 0.15) is 0 Å². The zero-order chi connectivity index (χ0) is 16.5. The van der Waals surface area contributed by atoms with Crippen LogP contribution in [0, 0.1) is 5.41 Å². The Bertz CT molecular complexity index is 348. The molecule has 2 saturated heterocycles. The van der Waals surface area contributed by atoms with Crippen LogP contribution >= 0.6 is 0 Å². The normalized spacial score (nSPS) is 26.0. The van der Waals surface area contributed by atoms with Crippen molar-refractivity contribution < 1.29 is 0 Å². The lowest BCUT2D eigenvalue weighted by Crippen LogP contribution is -2.60. The van der Waals surface area contributed by atoms with Gasteiger partial charge in [0.25, 0.3) is 0 Å². The van der Waals surface area contributed by atoms with Crippen molar-refractivity contribution in [1.82, 2.24) is 14.7 Å². The predicted molar refractivity (Wildman–Crippen MR) is 96.4 cm³/mol. The Balaban J connectivity index is 1.95. The third-order valence-electron chi connectivity index (χ3n) is 7.24. The van der Waals surface area contributed by atoms with Crippen LogP contribution in [0.3, 0.4) is 0 Å². The molecule has 0 aromatic rings. The van der Waals surface area contributed by atoms with E-state index in [9.17, 15) is 0 Å². The van der Waals surface area contributed by atoms with Crippen LogP contribution in [0.4, 0.5) is 0 Å². The molecule has 0 N–H and O–H groups in total. The van der Waals surface area contributed by atoms with Crippen molar-refractivity contribution in [3.05, 3.63) is 0 Å². The summed E-state index contributed by atoms with van der Waals surface area (Å²) in [6.07, 6.45) is 5.40. The van der Waals surface area contributed by atoms with Gasteiger partial charge in [0.05, 0.1) is 0 Å². The van der Waals surface area contributed by atoms with E-state index in [1.807, 2.05) is 0 Å². The molecular formula is C19H39N3. The second-order valence-corrected chi connectivity index (χ2v) is 8.89. The maximum atomic E-state index is 2.79. The monoisotopic (exact) mass is 309 g/mol. The molecule has 2 aliphatic rings. The minimum atomic E-state index is 0.264. The molecule has 3 nitrogen and oxygen atoms in total. The zero-order valence-electron chi connectivity index (χ0n) is 16.2. The molecular weight excluding hydrogens is 270 g/mol. The summed E-state index contributed by atoms with van der Waals surface area (Å²) < 4.78 is 0. The second kappa shape index (κ2) is 6.78. The summed E-state index contributed by atoms with van der Waals surface area (Å²) in [6, 6.07) is 1.45. The SMILES string of the molecule is CC(C)N(C)C(C)(C)C1(C)CCN(C2CCN(C)CC2)CC1. The van der Waals surface area contributed by atoms with Crippen LogP contribution in [-0.4, -0.2) is 72.6 Å². The zero-order valence-corrected chi connectivity index (χ0v) is 16.2. The molecule has 2 aliphatic heterocycles. The molecule has 0 radical (unpaired) electrons. The van der Waals surface area contributed by atoms with Crippen LogP contribution in [0.1, 0.15) is 60.3 Å². The van der Waals surface area contributed by atoms with Crippen molar-refractivity contribution in [3.8, 4) is 0 Å². The van der Waals surface area contributed by atoms with Crippen LogP contribution in [0.5, 0.6) is 0 Å². The number of hydrogen-bond donors (Lipinski definition) is 0. The average Bonchev–Trinajstić information content (AvgIpc) is 2.48. The molecule has 0 atom stereocenters. The van der Waals surface area contributed by atoms with Gasteiger partial charge >= 0.3 is 0 Å². The van der Waals surface area contributed by atoms with Gasteiger partial charge in [-0.2, -0.15) is 0 Å². The van der Waals surface area contributed by atoms with Gasteiger partial charge < -0.3 is 9.80 Å². The van der Waals surface area contributed by atoms with E-state index >= 15 is 0 Å². The van der Waals surface area contributed by atoms with Crippen molar-refractivity contribution in [3.63, 3.8) is 0 Å². The molecule has 0 unspecified atom stereocenters. The van der Waals surface area contributed by atoms with Crippen molar-refractivity contribution in [1.29, 1.82) is 0 Å². The van der Waals surface area contributed by atoms with Crippen LogP contribution in [0.25, 0.3) is 0 Å². The molecule has 130 valence electrons. The Morgan fingerprint density at radius 3 is 2.00 bits per heavy atom. The fraction of sp³-hybridized carbons (Fsp3) is 1.00. The second-order valence-electron chi connectivity index (χ2n) is 8.89. The minimum absolute atomic E-state index is 0.264. The highest BCUT2D eigenvalue weighted by Gasteiger charge is 2.46. The summed E-state index contributed by atoms with van der Waals surface area (Å²) in [5.74, 6) is 0. The van der Waals surface area contributed by atoms with E-state index in [0.29, 0.717) is 11.5 Å². The smallest absolute Gasteiger partial charge is 0.0207 e. The van der Waals surface area contributed by atoms with Gasteiger partial charge in [0.15, 0.2) is 0 Å². The van der Waals surface area contributed by atoms with Crippen molar-refractivity contribution in [2.24, 2.45) is 5.41 Å². The molecule has 2 heterocycles.